The Kier molecular flexibility index (Phi) is 6.16. The van der Waals surface area contributed by atoms with Gasteiger partial charge in [-0.05, 0) is 51.5 Å². The number of rotatable bonds is 4. The smallest absolute Gasteiger partial charge is 0.266 e. The number of fused-ring (bicyclic) bond motifs is 1. The van der Waals surface area contributed by atoms with E-state index in [4.69, 9.17) is 9.72 Å². The van der Waals surface area contributed by atoms with Gasteiger partial charge in [0.25, 0.3) is 5.56 Å². The predicted molar refractivity (Wildman–Crippen MR) is 124 cm³/mol. The molecule has 0 radical (unpaired) electrons. The van der Waals surface area contributed by atoms with E-state index in [0.717, 1.165) is 16.8 Å². The van der Waals surface area contributed by atoms with Gasteiger partial charge in [0.2, 0.25) is 5.91 Å². The Hall–Kier alpha value is -2.64. The van der Waals surface area contributed by atoms with Crippen LogP contribution < -0.4 is 5.56 Å². The van der Waals surface area contributed by atoms with Gasteiger partial charge < -0.3 is 9.64 Å². The van der Waals surface area contributed by atoms with Crippen molar-refractivity contribution in [1.82, 2.24) is 14.5 Å². The number of para-hydroxylation sites is 1. The summed E-state index contributed by atoms with van der Waals surface area (Å²) < 4.78 is 7.37. The first kappa shape index (κ1) is 21.6. The minimum Gasteiger partial charge on any atom is -0.372 e. The predicted octanol–water partition coefficient (Wildman–Crippen LogP) is 3.73. The van der Waals surface area contributed by atoms with Crippen LogP contribution in [-0.2, 0) is 9.53 Å². The molecular formula is C24H27N3O3S. The molecule has 0 aliphatic carbocycles. The van der Waals surface area contributed by atoms with Crippen LogP contribution in [0.2, 0.25) is 0 Å². The molecule has 2 atom stereocenters. The molecular weight excluding hydrogens is 410 g/mol. The van der Waals surface area contributed by atoms with Crippen LogP contribution in [0.5, 0.6) is 0 Å². The van der Waals surface area contributed by atoms with Crippen molar-refractivity contribution in [2.24, 2.45) is 0 Å². The summed E-state index contributed by atoms with van der Waals surface area (Å²) in [6.45, 7) is 9.13. The Morgan fingerprint density at radius 3 is 2.55 bits per heavy atom. The molecule has 0 saturated carbocycles. The van der Waals surface area contributed by atoms with Crippen molar-refractivity contribution in [3.05, 3.63) is 63.9 Å². The zero-order chi connectivity index (χ0) is 22.1. The maximum Gasteiger partial charge on any atom is 0.266 e. The van der Waals surface area contributed by atoms with Crippen molar-refractivity contribution in [1.29, 1.82) is 0 Å². The van der Waals surface area contributed by atoms with E-state index in [1.54, 1.807) is 10.6 Å². The summed E-state index contributed by atoms with van der Waals surface area (Å²) in [5, 5.41) is 1.09. The number of aryl methyl sites for hydroxylation is 2. The monoisotopic (exact) mass is 437 g/mol. The third kappa shape index (κ3) is 4.52. The Bertz CT molecular complexity index is 1180. The SMILES string of the molecule is Cc1ccc(-n2c(SCC(=O)N3CC(C)OC(C)C3)nc3ccccc3c2=O)c(C)c1. The highest BCUT2D eigenvalue weighted by Gasteiger charge is 2.26. The highest BCUT2D eigenvalue weighted by atomic mass is 32.2. The second-order valence-corrected chi connectivity index (χ2v) is 9.13. The Morgan fingerprint density at radius 2 is 1.84 bits per heavy atom. The molecule has 31 heavy (non-hydrogen) atoms. The van der Waals surface area contributed by atoms with Gasteiger partial charge in [0.05, 0.1) is 34.6 Å². The normalized spacial score (nSPS) is 19.0. The number of nitrogens with zero attached hydrogens (tertiary/aromatic N) is 3. The number of aromatic nitrogens is 2. The minimum absolute atomic E-state index is 0.0184. The molecule has 2 aromatic carbocycles. The molecule has 162 valence electrons. The standard InChI is InChI=1S/C24H27N3O3S/c1-15-9-10-21(16(2)11-15)27-23(29)19-7-5-6-8-20(19)25-24(27)31-14-22(28)26-12-17(3)30-18(4)13-26/h5-11,17-18H,12-14H2,1-4H3. The van der Waals surface area contributed by atoms with Crippen molar-refractivity contribution in [3.8, 4) is 5.69 Å². The van der Waals surface area contributed by atoms with Crippen molar-refractivity contribution in [2.45, 2.75) is 45.1 Å². The molecule has 4 rings (SSSR count). The molecule has 7 heteroatoms. The molecule has 1 saturated heterocycles. The van der Waals surface area contributed by atoms with Gasteiger partial charge in [-0.3, -0.25) is 14.2 Å². The number of amides is 1. The fourth-order valence-electron chi connectivity index (χ4n) is 4.08. The van der Waals surface area contributed by atoms with Crippen LogP contribution in [0.3, 0.4) is 0 Å². The largest absolute Gasteiger partial charge is 0.372 e. The lowest BCUT2D eigenvalue weighted by Crippen LogP contribution is -2.48. The summed E-state index contributed by atoms with van der Waals surface area (Å²) >= 11 is 1.31. The number of benzene rings is 2. The summed E-state index contributed by atoms with van der Waals surface area (Å²) in [7, 11) is 0. The third-order valence-corrected chi connectivity index (χ3v) is 6.36. The van der Waals surface area contributed by atoms with E-state index in [2.05, 4.69) is 0 Å². The lowest BCUT2D eigenvalue weighted by Gasteiger charge is -2.35. The molecule has 1 fully saturated rings. The first-order valence-electron chi connectivity index (χ1n) is 10.5. The van der Waals surface area contributed by atoms with E-state index in [1.165, 1.54) is 11.8 Å². The average molecular weight is 438 g/mol. The second-order valence-electron chi connectivity index (χ2n) is 8.19. The Morgan fingerprint density at radius 1 is 1.13 bits per heavy atom. The molecule has 1 aromatic heterocycles. The molecule has 0 bridgehead atoms. The molecule has 6 nitrogen and oxygen atoms in total. The van der Waals surface area contributed by atoms with E-state index in [9.17, 15) is 9.59 Å². The van der Waals surface area contributed by atoms with E-state index < -0.39 is 0 Å². The van der Waals surface area contributed by atoms with Gasteiger partial charge in [-0.25, -0.2) is 4.98 Å². The maximum absolute atomic E-state index is 13.4. The second kappa shape index (κ2) is 8.85. The summed E-state index contributed by atoms with van der Waals surface area (Å²) in [5.74, 6) is 0.247. The van der Waals surface area contributed by atoms with Crippen LogP contribution in [0.25, 0.3) is 16.6 Å². The number of carbonyl (C=O) groups excluding carboxylic acids is 1. The number of ether oxygens (including phenoxy) is 1. The quantitative estimate of drug-likeness (QED) is 0.460. The summed E-state index contributed by atoms with van der Waals surface area (Å²) in [6, 6.07) is 13.3. The first-order valence-corrected chi connectivity index (χ1v) is 11.5. The van der Waals surface area contributed by atoms with Gasteiger partial charge in [-0.2, -0.15) is 0 Å². The highest BCUT2D eigenvalue weighted by molar-refractivity contribution is 7.99. The lowest BCUT2D eigenvalue weighted by atomic mass is 10.1. The maximum atomic E-state index is 13.4. The van der Waals surface area contributed by atoms with Crippen molar-refractivity contribution in [3.63, 3.8) is 0 Å². The molecule has 2 unspecified atom stereocenters. The minimum atomic E-state index is -0.124. The lowest BCUT2D eigenvalue weighted by molar-refractivity contribution is -0.140. The van der Waals surface area contributed by atoms with E-state index >= 15 is 0 Å². The number of carbonyl (C=O) groups is 1. The van der Waals surface area contributed by atoms with Gasteiger partial charge in [0.15, 0.2) is 5.16 Å². The van der Waals surface area contributed by atoms with Crippen molar-refractivity contribution < 1.29 is 9.53 Å². The average Bonchev–Trinajstić information content (AvgIpc) is 2.72. The molecule has 0 N–H and O–H groups in total. The number of hydrogen-bond donors (Lipinski definition) is 0. The Labute approximate surface area is 186 Å². The highest BCUT2D eigenvalue weighted by Crippen LogP contribution is 2.24. The van der Waals surface area contributed by atoms with E-state index in [0.29, 0.717) is 29.1 Å². The Balaban J connectivity index is 1.71. The van der Waals surface area contributed by atoms with Crippen LogP contribution in [0.1, 0.15) is 25.0 Å². The van der Waals surface area contributed by atoms with Gasteiger partial charge in [-0.15, -0.1) is 0 Å². The van der Waals surface area contributed by atoms with Gasteiger partial charge in [-0.1, -0.05) is 41.6 Å². The topological polar surface area (TPSA) is 64.4 Å². The fourth-order valence-corrected chi connectivity index (χ4v) is 4.99. The molecule has 1 amide bonds. The number of morpholine rings is 1. The first-order chi connectivity index (χ1) is 14.8. The van der Waals surface area contributed by atoms with Crippen LogP contribution in [0.4, 0.5) is 0 Å². The van der Waals surface area contributed by atoms with Gasteiger partial charge in [0.1, 0.15) is 0 Å². The summed E-state index contributed by atoms with van der Waals surface area (Å²) in [6.07, 6.45) is 0.0368. The molecule has 2 heterocycles. The number of hydrogen-bond acceptors (Lipinski definition) is 5. The fraction of sp³-hybridized carbons (Fsp3) is 0.375. The van der Waals surface area contributed by atoms with Crippen LogP contribution >= 0.6 is 11.8 Å². The van der Waals surface area contributed by atoms with E-state index in [-0.39, 0.29) is 29.4 Å². The molecule has 1 aliphatic rings. The third-order valence-electron chi connectivity index (χ3n) is 5.44. The molecule has 0 spiro atoms. The van der Waals surface area contributed by atoms with Crippen LogP contribution in [0, 0.1) is 13.8 Å². The molecule has 3 aromatic rings. The molecule has 1 aliphatic heterocycles. The van der Waals surface area contributed by atoms with Crippen LogP contribution in [0.15, 0.2) is 52.4 Å². The van der Waals surface area contributed by atoms with Crippen LogP contribution in [-0.4, -0.2) is 51.4 Å². The van der Waals surface area contributed by atoms with Gasteiger partial charge >= 0.3 is 0 Å². The summed E-state index contributed by atoms with van der Waals surface area (Å²) in [4.78, 5) is 32.9. The number of thioether (sulfide) groups is 1. The summed E-state index contributed by atoms with van der Waals surface area (Å²) in [5.41, 5.74) is 3.42. The zero-order valence-corrected chi connectivity index (χ0v) is 19.1. The van der Waals surface area contributed by atoms with Crippen molar-refractivity contribution in [2.75, 3.05) is 18.8 Å². The van der Waals surface area contributed by atoms with E-state index in [1.807, 2.05) is 69.0 Å². The van der Waals surface area contributed by atoms with Crippen molar-refractivity contribution >= 4 is 28.6 Å². The zero-order valence-electron chi connectivity index (χ0n) is 18.3. The van der Waals surface area contributed by atoms with Gasteiger partial charge in [0, 0.05) is 13.1 Å².